The fourth-order valence-corrected chi connectivity index (χ4v) is 4.63. The Balaban J connectivity index is 1.33. The van der Waals surface area contributed by atoms with E-state index in [0.717, 1.165) is 86.5 Å². The number of carbonyl (C=O) groups excluding carboxylic acids is 1. The maximum atomic E-state index is 11.9. The summed E-state index contributed by atoms with van der Waals surface area (Å²) >= 11 is 3.53. The van der Waals surface area contributed by atoms with Crippen molar-refractivity contribution in [2.75, 3.05) is 50.4 Å². The van der Waals surface area contributed by atoms with E-state index in [2.05, 4.69) is 59.4 Å². The van der Waals surface area contributed by atoms with Crippen LogP contribution in [0, 0.1) is 6.92 Å². The lowest BCUT2D eigenvalue weighted by atomic mass is 10.1. The fourth-order valence-electron chi connectivity index (χ4n) is 4.30. The van der Waals surface area contributed by atoms with Crippen molar-refractivity contribution in [1.29, 1.82) is 0 Å². The second kappa shape index (κ2) is 10.6. The normalized spacial score (nSPS) is 18.2. The second-order valence-electron chi connectivity index (χ2n) is 8.78. The zero-order valence-corrected chi connectivity index (χ0v) is 20.6. The maximum absolute atomic E-state index is 11.9. The average Bonchev–Trinajstić information content (AvgIpc) is 3.15. The first kappa shape index (κ1) is 23.0. The summed E-state index contributed by atoms with van der Waals surface area (Å²) in [5.41, 5.74) is 1.87. The highest BCUT2D eigenvalue weighted by Crippen LogP contribution is 2.26. The minimum Gasteiger partial charge on any atom is -0.369 e. The molecule has 0 saturated carbocycles. The van der Waals surface area contributed by atoms with Crippen molar-refractivity contribution in [2.45, 2.75) is 51.5 Å². The molecule has 4 heterocycles. The van der Waals surface area contributed by atoms with E-state index in [-0.39, 0.29) is 5.91 Å². The molecule has 0 radical (unpaired) electrons. The van der Waals surface area contributed by atoms with Crippen LogP contribution in [0.3, 0.4) is 0 Å². The Morgan fingerprint density at radius 1 is 1.22 bits per heavy atom. The molecule has 0 atom stereocenters. The van der Waals surface area contributed by atoms with E-state index in [1.165, 1.54) is 0 Å². The van der Waals surface area contributed by atoms with Crippen LogP contribution >= 0.6 is 15.9 Å². The lowest BCUT2D eigenvalue weighted by Gasteiger charge is -2.28. The highest BCUT2D eigenvalue weighted by molar-refractivity contribution is 9.10. The topological polar surface area (TPSA) is 91.2 Å². The van der Waals surface area contributed by atoms with Gasteiger partial charge in [-0.3, -0.25) is 9.48 Å². The van der Waals surface area contributed by atoms with Gasteiger partial charge in [0, 0.05) is 38.4 Å². The number of likely N-dealkylation sites (tertiary alicyclic amines) is 2. The van der Waals surface area contributed by atoms with Crippen LogP contribution in [0.5, 0.6) is 0 Å². The van der Waals surface area contributed by atoms with Gasteiger partial charge < -0.3 is 20.4 Å². The summed E-state index contributed by atoms with van der Waals surface area (Å²) in [7, 11) is 2.17. The summed E-state index contributed by atoms with van der Waals surface area (Å²) in [4.78, 5) is 25.3. The number of piperidine rings is 2. The molecule has 10 heteroatoms. The number of rotatable bonds is 8. The first-order chi connectivity index (χ1) is 15.5. The quantitative estimate of drug-likeness (QED) is 0.530. The Bertz CT molecular complexity index is 925. The number of aromatic nitrogens is 4. The van der Waals surface area contributed by atoms with Crippen molar-refractivity contribution < 1.29 is 4.79 Å². The van der Waals surface area contributed by atoms with Crippen LogP contribution in [0.4, 0.5) is 17.5 Å². The van der Waals surface area contributed by atoms with Gasteiger partial charge in [-0.1, -0.05) is 0 Å². The van der Waals surface area contributed by atoms with Gasteiger partial charge in [0.1, 0.15) is 5.82 Å². The number of nitrogens with zero attached hydrogens (tertiary/aromatic N) is 6. The third kappa shape index (κ3) is 5.78. The van der Waals surface area contributed by atoms with E-state index in [9.17, 15) is 4.79 Å². The number of hydrogen-bond donors (Lipinski definition) is 2. The Morgan fingerprint density at radius 2 is 2.03 bits per heavy atom. The Morgan fingerprint density at radius 3 is 2.81 bits per heavy atom. The zero-order chi connectivity index (χ0) is 22.5. The maximum Gasteiger partial charge on any atom is 0.229 e. The van der Waals surface area contributed by atoms with E-state index >= 15 is 0 Å². The summed E-state index contributed by atoms with van der Waals surface area (Å²) < 4.78 is 2.90. The van der Waals surface area contributed by atoms with Gasteiger partial charge in [-0.05, 0) is 75.1 Å². The molecule has 0 unspecified atom stereocenters. The van der Waals surface area contributed by atoms with Crippen molar-refractivity contribution >= 4 is 39.3 Å². The number of halogens is 1. The summed E-state index contributed by atoms with van der Waals surface area (Å²) in [6.07, 6.45) is 9.75. The fraction of sp³-hybridized carbons (Fsp3) is 0.636. The first-order valence-corrected chi connectivity index (χ1v) is 12.3. The van der Waals surface area contributed by atoms with Crippen molar-refractivity contribution in [3.05, 3.63) is 22.6 Å². The van der Waals surface area contributed by atoms with Gasteiger partial charge in [-0.25, -0.2) is 4.98 Å². The van der Waals surface area contributed by atoms with E-state index in [1.54, 1.807) is 6.20 Å². The second-order valence-corrected chi connectivity index (χ2v) is 9.63. The summed E-state index contributed by atoms with van der Waals surface area (Å²) in [5.74, 6) is 1.56. The molecule has 2 N–H and O–H groups in total. The van der Waals surface area contributed by atoms with Crippen molar-refractivity contribution in [2.24, 2.45) is 0 Å². The molecule has 0 spiro atoms. The molecule has 1 amide bonds. The molecule has 2 aliphatic heterocycles. The molecule has 2 aliphatic rings. The molecule has 2 aromatic rings. The molecule has 2 saturated heterocycles. The van der Waals surface area contributed by atoms with E-state index in [0.29, 0.717) is 18.4 Å². The predicted molar refractivity (Wildman–Crippen MR) is 129 cm³/mol. The van der Waals surface area contributed by atoms with Crippen molar-refractivity contribution in [1.82, 2.24) is 29.5 Å². The van der Waals surface area contributed by atoms with Crippen LogP contribution in [0.2, 0.25) is 0 Å². The summed E-state index contributed by atoms with van der Waals surface area (Å²) in [6.45, 7) is 6.62. The molecule has 174 valence electrons. The molecule has 32 heavy (non-hydrogen) atoms. The highest BCUT2D eigenvalue weighted by Gasteiger charge is 2.20. The summed E-state index contributed by atoms with van der Waals surface area (Å²) in [5, 5.41) is 11.4. The van der Waals surface area contributed by atoms with E-state index in [4.69, 9.17) is 5.10 Å². The molecule has 0 aromatic carbocycles. The predicted octanol–water partition coefficient (Wildman–Crippen LogP) is 3.57. The third-order valence-electron chi connectivity index (χ3n) is 6.29. The molecule has 2 fully saturated rings. The minimum absolute atomic E-state index is 0.280. The van der Waals surface area contributed by atoms with Crippen LogP contribution in [0.1, 0.15) is 50.3 Å². The van der Waals surface area contributed by atoms with Crippen LogP contribution in [-0.4, -0.2) is 75.2 Å². The van der Waals surface area contributed by atoms with Gasteiger partial charge in [0.2, 0.25) is 11.9 Å². The van der Waals surface area contributed by atoms with E-state index in [1.807, 2.05) is 11.8 Å². The first-order valence-electron chi connectivity index (χ1n) is 11.5. The number of amides is 1. The van der Waals surface area contributed by atoms with Gasteiger partial charge in [-0.15, -0.1) is 0 Å². The Hall–Kier alpha value is -2.20. The Labute approximate surface area is 198 Å². The Kier molecular flexibility index (Phi) is 7.62. The van der Waals surface area contributed by atoms with Gasteiger partial charge in [0.05, 0.1) is 21.9 Å². The zero-order valence-electron chi connectivity index (χ0n) is 19.0. The van der Waals surface area contributed by atoms with Gasteiger partial charge in [0.15, 0.2) is 0 Å². The standard InChI is InChI=1S/C22H33BrN8O/c1-16-19(15-31(28-16)17-7-12-29(2)13-8-17)26-22-25-14-18(23)21(27-22)24-9-5-11-30-10-4-3-6-20(30)32/h14-15,17H,3-13H2,1-2H3,(H2,24,25,26,27). The van der Waals surface area contributed by atoms with Gasteiger partial charge >= 0.3 is 0 Å². The number of anilines is 3. The van der Waals surface area contributed by atoms with Gasteiger partial charge in [0.25, 0.3) is 0 Å². The van der Waals surface area contributed by atoms with Crippen molar-refractivity contribution in [3.63, 3.8) is 0 Å². The van der Waals surface area contributed by atoms with Crippen LogP contribution in [0.15, 0.2) is 16.9 Å². The molecular formula is C22H33BrN8O. The third-order valence-corrected chi connectivity index (χ3v) is 6.87. The van der Waals surface area contributed by atoms with Crippen LogP contribution in [0.25, 0.3) is 0 Å². The smallest absolute Gasteiger partial charge is 0.229 e. The lowest BCUT2D eigenvalue weighted by Crippen LogP contribution is -2.36. The molecular weight excluding hydrogens is 472 g/mol. The summed E-state index contributed by atoms with van der Waals surface area (Å²) in [6, 6.07) is 0.440. The van der Waals surface area contributed by atoms with Crippen LogP contribution in [-0.2, 0) is 4.79 Å². The van der Waals surface area contributed by atoms with E-state index < -0.39 is 0 Å². The lowest BCUT2D eigenvalue weighted by molar-refractivity contribution is -0.133. The molecule has 9 nitrogen and oxygen atoms in total. The molecule has 0 bridgehead atoms. The minimum atomic E-state index is 0.280. The highest BCUT2D eigenvalue weighted by atomic mass is 79.9. The van der Waals surface area contributed by atoms with Crippen LogP contribution < -0.4 is 10.6 Å². The molecule has 0 aliphatic carbocycles. The SMILES string of the molecule is Cc1nn(C2CCN(C)CC2)cc1Nc1ncc(Br)c(NCCCN2CCCCC2=O)n1. The number of nitrogens with one attached hydrogen (secondary N) is 2. The number of aryl methyl sites for hydroxylation is 1. The monoisotopic (exact) mass is 504 g/mol. The number of carbonyl (C=O) groups is 1. The largest absolute Gasteiger partial charge is 0.369 e. The average molecular weight is 505 g/mol. The molecule has 2 aromatic heterocycles. The molecule has 4 rings (SSSR count). The van der Waals surface area contributed by atoms with Crippen molar-refractivity contribution in [3.8, 4) is 0 Å². The van der Waals surface area contributed by atoms with Gasteiger partial charge in [-0.2, -0.15) is 10.1 Å². The number of hydrogen-bond acceptors (Lipinski definition) is 7.